The molecule has 256 valence electrons. The molecule has 6 N–H and O–H groups in total. The second-order valence-electron chi connectivity index (χ2n) is 11.3. The van der Waals surface area contributed by atoms with Crippen LogP contribution in [0.3, 0.4) is 0 Å². The summed E-state index contributed by atoms with van der Waals surface area (Å²) in [7, 11) is -13.3. The van der Waals surface area contributed by atoms with Crippen LogP contribution < -0.4 is 10.6 Å². The van der Waals surface area contributed by atoms with Gasteiger partial charge in [0.05, 0.1) is 30.9 Å². The minimum absolute atomic E-state index is 0.0929. The summed E-state index contributed by atoms with van der Waals surface area (Å²) >= 11 is 1.87. The number of carbonyl (C=O) groups is 2. The maximum absolute atomic E-state index is 12.5. The molecular weight excluding hydrogens is 705 g/mol. The van der Waals surface area contributed by atoms with Gasteiger partial charge < -0.3 is 39.7 Å². The summed E-state index contributed by atoms with van der Waals surface area (Å²) in [5, 5.41) is 6.32. The number of ether oxygens (including phenoxy) is 2. The molecule has 8 atom stereocenters. The first kappa shape index (κ1) is 38.8. The highest BCUT2D eigenvalue weighted by atomic mass is 33.1. The first-order valence-electron chi connectivity index (χ1n) is 13.9. The zero-order valence-corrected chi connectivity index (χ0v) is 29.6. The number of fused-ring (bicyclic) bond motifs is 1. The number of urea groups is 1. The van der Waals surface area contributed by atoms with Crippen molar-refractivity contribution in [2.24, 2.45) is 0 Å². The predicted molar refractivity (Wildman–Crippen MR) is 166 cm³/mol. The Balaban J connectivity index is 1.29. The van der Waals surface area contributed by atoms with Gasteiger partial charge in [0.15, 0.2) is 0 Å². The molecule has 2 amide bonds. The molecule has 5 unspecified atom stereocenters. The van der Waals surface area contributed by atoms with Crippen molar-refractivity contribution < 1.29 is 65.5 Å². The lowest BCUT2D eigenvalue weighted by Crippen LogP contribution is -2.36. The van der Waals surface area contributed by atoms with Crippen molar-refractivity contribution in [3.05, 3.63) is 0 Å². The van der Waals surface area contributed by atoms with E-state index >= 15 is 0 Å². The number of ketones is 1. The maximum atomic E-state index is 12.5. The molecule has 3 aliphatic heterocycles. The fraction of sp³-hybridized carbons (Fsp3) is 0.909. The Morgan fingerprint density at radius 3 is 2.52 bits per heavy atom. The molecule has 0 aromatic rings. The van der Waals surface area contributed by atoms with Gasteiger partial charge in [-0.05, 0) is 40.0 Å². The molecule has 0 aromatic carbocycles. The van der Waals surface area contributed by atoms with Crippen LogP contribution in [0.2, 0.25) is 0 Å². The molecular formula is C22H41N2O14P3S3. The third-order valence-corrected chi connectivity index (χ3v) is 15.3. The van der Waals surface area contributed by atoms with E-state index in [1.165, 1.54) is 10.8 Å². The van der Waals surface area contributed by atoms with E-state index in [1.807, 2.05) is 25.6 Å². The molecule has 0 radical (unpaired) electrons. The lowest BCUT2D eigenvalue weighted by atomic mass is 9.99. The molecule has 3 fully saturated rings. The minimum atomic E-state index is -5.61. The van der Waals surface area contributed by atoms with Gasteiger partial charge in [-0.3, -0.25) is 9.32 Å². The molecule has 0 aromatic heterocycles. The number of rotatable bonds is 20. The summed E-state index contributed by atoms with van der Waals surface area (Å²) in [6.07, 6.45) is 3.26. The van der Waals surface area contributed by atoms with E-state index in [0.717, 1.165) is 25.0 Å². The van der Waals surface area contributed by atoms with Crippen molar-refractivity contribution >= 4 is 68.6 Å². The van der Waals surface area contributed by atoms with Gasteiger partial charge in [-0.1, -0.05) is 28.0 Å². The Morgan fingerprint density at radius 2 is 1.82 bits per heavy atom. The Bertz CT molecular complexity index is 1150. The van der Waals surface area contributed by atoms with E-state index in [-0.39, 0.29) is 40.7 Å². The van der Waals surface area contributed by atoms with Crippen molar-refractivity contribution in [1.29, 1.82) is 0 Å². The number of carbonyl (C=O) groups excluding carboxylic acids is 2. The number of hydrogen-bond acceptors (Lipinski definition) is 13. The molecule has 44 heavy (non-hydrogen) atoms. The summed E-state index contributed by atoms with van der Waals surface area (Å²) in [5.74, 6) is 1.39. The van der Waals surface area contributed by atoms with Crippen molar-refractivity contribution in [2.75, 3.05) is 18.3 Å². The van der Waals surface area contributed by atoms with Crippen molar-refractivity contribution in [3.8, 4) is 0 Å². The van der Waals surface area contributed by atoms with Gasteiger partial charge in [-0.2, -0.15) is 20.4 Å². The van der Waals surface area contributed by atoms with E-state index in [0.29, 0.717) is 30.9 Å². The van der Waals surface area contributed by atoms with Crippen molar-refractivity contribution in [1.82, 2.24) is 10.6 Å². The van der Waals surface area contributed by atoms with Crippen LogP contribution >= 0.6 is 56.8 Å². The fourth-order valence-electron chi connectivity index (χ4n) is 4.93. The highest BCUT2D eigenvalue weighted by Gasteiger charge is 2.44. The van der Waals surface area contributed by atoms with E-state index in [4.69, 9.17) is 23.8 Å². The summed E-state index contributed by atoms with van der Waals surface area (Å²) in [6, 6.07) is 0.293. The lowest BCUT2D eigenvalue weighted by molar-refractivity contribution is -0.119. The standard InChI is InChI=1S/C22H41N2O14P3S3/c1-14-10-17(18(36-14)11-35-40(30,31)38-41(32,33)37-39(27,28)29)34-13-43-44-22(2,3)9-8-15(25)6-4-5-7-19-20-16(12-42-19)23-21(26)24-20/h14,16-20H,4-13H2,1-3H3,(H,30,31)(H,32,33)(H2,23,24,26)(H2,27,28,29)/t14-,16?,17+,18+,19?,20?/m0/s1. The Morgan fingerprint density at radius 1 is 1.09 bits per heavy atom. The van der Waals surface area contributed by atoms with Crippen LogP contribution in [0.1, 0.15) is 65.7 Å². The maximum Gasteiger partial charge on any atom is 0.490 e. The average molecular weight is 747 g/mol. The number of unbranched alkanes of at least 4 members (excludes halogenated alkanes) is 1. The molecule has 0 spiro atoms. The monoisotopic (exact) mass is 746 g/mol. The molecule has 16 nitrogen and oxygen atoms in total. The second kappa shape index (κ2) is 16.6. The molecule has 0 saturated carbocycles. The van der Waals surface area contributed by atoms with Gasteiger partial charge in [-0.25, -0.2) is 18.5 Å². The number of Topliss-reactive ketones (excluding diaryl/α,β-unsaturated/α-hetero) is 1. The number of phosphoric ester groups is 1. The summed E-state index contributed by atoms with van der Waals surface area (Å²) in [5.41, 5.74) is 0. The Hall–Kier alpha value is 0.320. The van der Waals surface area contributed by atoms with Gasteiger partial charge in [0.25, 0.3) is 0 Å². The lowest BCUT2D eigenvalue weighted by Gasteiger charge is -2.24. The summed E-state index contributed by atoms with van der Waals surface area (Å²) < 4.78 is 57.7. The van der Waals surface area contributed by atoms with Crippen LogP contribution in [0.5, 0.6) is 0 Å². The van der Waals surface area contributed by atoms with Gasteiger partial charge in [0.2, 0.25) is 0 Å². The Kier molecular flexibility index (Phi) is 14.6. The van der Waals surface area contributed by atoms with Crippen LogP contribution in [-0.2, 0) is 41.1 Å². The first-order valence-corrected chi connectivity index (χ1v) is 21.8. The van der Waals surface area contributed by atoms with Crippen molar-refractivity contribution in [2.45, 2.75) is 106 Å². The number of phosphoric acid groups is 3. The van der Waals surface area contributed by atoms with E-state index in [9.17, 15) is 33.1 Å². The zero-order chi connectivity index (χ0) is 32.8. The van der Waals surface area contributed by atoms with Crippen LogP contribution in [0.25, 0.3) is 0 Å². The molecule has 22 heteroatoms. The molecule has 0 aliphatic carbocycles. The van der Waals surface area contributed by atoms with E-state index < -0.39 is 42.3 Å². The number of amides is 2. The SMILES string of the molecule is C[C@H]1C[C@@H](OCSSC(C)(C)CCC(=O)CCCCC2SCC3NC(=O)NC32)[C@@H](COP(=O)(O)OP(=O)(O)OP(=O)(O)O)O1. The first-order chi connectivity index (χ1) is 20.3. The molecule has 3 rings (SSSR count). The third kappa shape index (κ3) is 13.8. The molecule has 0 bridgehead atoms. The van der Waals surface area contributed by atoms with Crippen LogP contribution in [0.4, 0.5) is 4.79 Å². The normalized spacial score (nSPS) is 29.9. The Labute approximate surface area is 268 Å². The average Bonchev–Trinajstić information content (AvgIpc) is 3.53. The van der Waals surface area contributed by atoms with Crippen LogP contribution in [-0.4, -0.2) is 90.1 Å². The molecule has 3 saturated heterocycles. The number of thioether (sulfide) groups is 1. The quantitative estimate of drug-likeness (QED) is 0.0338. The van der Waals surface area contributed by atoms with E-state index in [2.05, 4.69) is 19.3 Å². The van der Waals surface area contributed by atoms with Gasteiger partial charge in [-0.15, -0.1) is 0 Å². The second-order valence-corrected chi connectivity index (χ2v) is 19.9. The van der Waals surface area contributed by atoms with Crippen LogP contribution in [0.15, 0.2) is 0 Å². The highest BCUT2D eigenvalue weighted by molar-refractivity contribution is 8.77. The topological polar surface area (TPSA) is 236 Å². The van der Waals surface area contributed by atoms with Crippen LogP contribution in [0, 0.1) is 0 Å². The molecule has 3 heterocycles. The highest BCUT2D eigenvalue weighted by Crippen LogP contribution is 2.66. The summed E-state index contributed by atoms with van der Waals surface area (Å²) in [6.45, 7) is 5.28. The number of hydrogen-bond donors (Lipinski definition) is 6. The minimum Gasteiger partial charge on any atom is -0.370 e. The zero-order valence-electron chi connectivity index (χ0n) is 24.5. The largest absolute Gasteiger partial charge is 0.490 e. The smallest absolute Gasteiger partial charge is 0.370 e. The van der Waals surface area contributed by atoms with Gasteiger partial charge in [0, 0.05) is 35.0 Å². The van der Waals surface area contributed by atoms with Gasteiger partial charge in [0.1, 0.15) is 17.8 Å². The van der Waals surface area contributed by atoms with Crippen molar-refractivity contribution in [3.63, 3.8) is 0 Å². The predicted octanol–water partition coefficient (Wildman–Crippen LogP) is 4.08. The molecule has 3 aliphatic rings. The third-order valence-electron chi connectivity index (χ3n) is 6.96. The fourth-order valence-corrected chi connectivity index (χ4v) is 11.8. The van der Waals surface area contributed by atoms with E-state index in [1.54, 1.807) is 17.7 Å². The van der Waals surface area contributed by atoms with Gasteiger partial charge >= 0.3 is 29.5 Å². The summed E-state index contributed by atoms with van der Waals surface area (Å²) in [4.78, 5) is 60.2. The number of nitrogens with one attached hydrogen (secondary N) is 2.